The van der Waals surface area contributed by atoms with Crippen LogP contribution in [-0.4, -0.2) is 12.1 Å². The Bertz CT molecular complexity index is 581. The zero-order chi connectivity index (χ0) is 14.7. The monoisotopic (exact) mass is 281 g/mol. The molecule has 1 heterocycles. The number of rotatable bonds is 4. The van der Waals surface area contributed by atoms with Gasteiger partial charge >= 0.3 is 0 Å². The van der Waals surface area contributed by atoms with Crippen molar-refractivity contribution < 1.29 is 4.74 Å². The minimum atomic E-state index is 0.576. The van der Waals surface area contributed by atoms with Gasteiger partial charge in [0.25, 0.3) is 0 Å². The van der Waals surface area contributed by atoms with Gasteiger partial charge in [-0.25, -0.2) is 0 Å². The Labute approximate surface area is 127 Å². The molecule has 2 aromatic carbocycles. The number of hydrogen-bond donors (Lipinski definition) is 1. The fourth-order valence-corrected chi connectivity index (χ4v) is 3.30. The molecule has 2 aromatic rings. The van der Waals surface area contributed by atoms with Crippen LogP contribution in [0.15, 0.2) is 54.6 Å². The van der Waals surface area contributed by atoms with Gasteiger partial charge < -0.3 is 10.1 Å². The number of benzene rings is 2. The molecule has 0 saturated carbocycles. The van der Waals surface area contributed by atoms with Gasteiger partial charge in [-0.3, -0.25) is 0 Å². The van der Waals surface area contributed by atoms with E-state index in [9.17, 15) is 0 Å². The molecule has 21 heavy (non-hydrogen) atoms. The molecule has 2 nitrogen and oxygen atoms in total. The predicted molar refractivity (Wildman–Crippen MR) is 87.0 cm³/mol. The highest BCUT2D eigenvalue weighted by molar-refractivity contribution is 5.36. The lowest BCUT2D eigenvalue weighted by molar-refractivity contribution is 0.478. The maximum Gasteiger partial charge on any atom is 0.127 e. The fourth-order valence-electron chi connectivity index (χ4n) is 3.30. The molecular weight excluding hydrogens is 258 g/mol. The highest BCUT2D eigenvalue weighted by Crippen LogP contribution is 2.34. The van der Waals surface area contributed by atoms with E-state index in [0.29, 0.717) is 18.0 Å². The fraction of sp³-hybridized carbons (Fsp3) is 0.368. The Hall–Kier alpha value is -1.80. The first kappa shape index (κ1) is 14.2. The van der Waals surface area contributed by atoms with Gasteiger partial charge in [-0.1, -0.05) is 37.3 Å². The molecule has 3 rings (SSSR count). The molecule has 3 unspecified atom stereocenters. The van der Waals surface area contributed by atoms with Gasteiger partial charge in [0.05, 0.1) is 0 Å². The molecule has 2 heteroatoms. The van der Waals surface area contributed by atoms with E-state index in [4.69, 9.17) is 4.74 Å². The standard InChI is InChI=1S/C19H23NO/c1-3-19-18(12-14(2)20-19)15-8-7-11-17(13-15)21-16-9-5-4-6-10-16/h4-11,13-14,18-20H,3,12H2,1-2H3. The smallest absolute Gasteiger partial charge is 0.127 e. The molecule has 3 atom stereocenters. The van der Waals surface area contributed by atoms with Crippen LogP contribution in [0.3, 0.4) is 0 Å². The molecule has 1 aliphatic rings. The predicted octanol–water partition coefficient (Wildman–Crippen LogP) is 4.72. The molecule has 0 aromatic heterocycles. The van der Waals surface area contributed by atoms with Crippen LogP contribution >= 0.6 is 0 Å². The summed E-state index contributed by atoms with van der Waals surface area (Å²) in [5, 5.41) is 3.68. The second-order valence-corrected chi connectivity index (χ2v) is 5.91. The summed E-state index contributed by atoms with van der Waals surface area (Å²) in [4.78, 5) is 0. The molecule has 1 aliphatic heterocycles. The van der Waals surface area contributed by atoms with E-state index < -0.39 is 0 Å². The summed E-state index contributed by atoms with van der Waals surface area (Å²) >= 11 is 0. The third-order valence-corrected chi connectivity index (χ3v) is 4.30. The van der Waals surface area contributed by atoms with Crippen molar-refractivity contribution in [2.75, 3.05) is 0 Å². The molecule has 110 valence electrons. The second kappa shape index (κ2) is 6.31. The lowest BCUT2D eigenvalue weighted by Gasteiger charge is -2.19. The minimum Gasteiger partial charge on any atom is -0.457 e. The Morgan fingerprint density at radius 1 is 1.05 bits per heavy atom. The number of ether oxygens (including phenoxy) is 1. The van der Waals surface area contributed by atoms with Gasteiger partial charge in [-0.15, -0.1) is 0 Å². The van der Waals surface area contributed by atoms with Crippen molar-refractivity contribution in [3.8, 4) is 11.5 Å². The average Bonchev–Trinajstić information content (AvgIpc) is 2.90. The van der Waals surface area contributed by atoms with E-state index in [0.717, 1.165) is 11.5 Å². The van der Waals surface area contributed by atoms with Crippen LogP contribution in [0.5, 0.6) is 11.5 Å². The number of nitrogens with one attached hydrogen (secondary N) is 1. The van der Waals surface area contributed by atoms with Crippen LogP contribution in [0, 0.1) is 0 Å². The van der Waals surface area contributed by atoms with Gasteiger partial charge in [0.15, 0.2) is 0 Å². The largest absolute Gasteiger partial charge is 0.457 e. The van der Waals surface area contributed by atoms with E-state index in [1.165, 1.54) is 18.4 Å². The van der Waals surface area contributed by atoms with Gasteiger partial charge in [0.1, 0.15) is 11.5 Å². The van der Waals surface area contributed by atoms with Crippen molar-refractivity contribution in [3.63, 3.8) is 0 Å². The Balaban J connectivity index is 1.80. The van der Waals surface area contributed by atoms with Gasteiger partial charge in [-0.2, -0.15) is 0 Å². The van der Waals surface area contributed by atoms with Crippen LogP contribution in [0.4, 0.5) is 0 Å². The van der Waals surface area contributed by atoms with Gasteiger partial charge in [0.2, 0.25) is 0 Å². The third kappa shape index (κ3) is 3.27. The Morgan fingerprint density at radius 2 is 1.81 bits per heavy atom. The van der Waals surface area contributed by atoms with Crippen molar-refractivity contribution >= 4 is 0 Å². The Kier molecular flexibility index (Phi) is 4.26. The van der Waals surface area contributed by atoms with E-state index in [1.807, 2.05) is 36.4 Å². The molecule has 0 bridgehead atoms. The van der Waals surface area contributed by atoms with Gasteiger partial charge in [-0.05, 0) is 49.6 Å². The molecule has 1 saturated heterocycles. The zero-order valence-electron chi connectivity index (χ0n) is 12.8. The first-order chi connectivity index (χ1) is 10.3. The van der Waals surface area contributed by atoms with Crippen LogP contribution < -0.4 is 10.1 Å². The molecule has 0 radical (unpaired) electrons. The van der Waals surface area contributed by atoms with Crippen LogP contribution in [0.25, 0.3) is 0 Å². The summed E-state index contributed by atoms with van der Waals surface area (Å²) in [6.45, 7) is 4.53. The lowest BCUT2D eigenvalue weighted by atomic mass is 9.89. The normalized spacial score (nSPS) is 25.0. The molecular formula is C19H23NO. The first-order valence-electron chi connectivity index (χ1n) is 7.85. The van der Waals surface area contributed by atoms with Crippen molar-refractivity contribution in [3.05, 3.63) is 60.2 Å². The van der Waals surface area contributed by atoms with Crippen LogP contribution in [-0.2, 0) is 0 Å². The van der Waals surface area contributed by atoms with Crippen LogP contribution in [0.1, 0.15) is 38.2 Å². The molecule has 0 amide bonds. The maximum atomic E-state index is 5.95. The van der Waals surface area contributed by atoms with E-state index >= 15 is 0 Å². The molecule has 1 fully saturated rings. The van der Waals surface area contributed by atoms with E-state index in [2.05, 4.69) is 37.4 Å². The zero-order valence-corrected chi connectivity index (χ0v) is 12.8. The number of hydrogen-bond acceptors (Lipinski definition) is 2. The molecule has 0 spiro atoms. The first-order valence-corrected chi connectivity index (χ1v) is 7.85. The lowest BCUT2D eigenvalue weighted by Crippen LogP contribution is -2.28. The second-order valence-electron chi connectivity index (χ2n) is 5.91. The average molecular weight is 281 g/mol. The molecule has 0 aliphatic carbocycles. The highest BCUT2D eigenvalue weighted by Gasteiger charge is 2.31. The number of para-hydroxylation sites is 1. The van der Waals surface area contributed by atoms with E-state index in [-0.39, 0.29) is 0 Å². The van der Waals surface area contributed by atoms with Crippen LogP contribution in [0.2, 0.25) is 0 Å². The SMILES string of the molecule is CCC1NC(C)CC1c1cccc(Oc2ccccc2)c1. The van der Waals surface area contributed by atoms with Crippen molar-refractivity contribution in [1.29, 1.82) is 0 Å². The highest BCUT2D eigenvalue weighted by atomic mass is 16.5. The van der Waals surface area contributed by atoms with Crippen molar-refractivity contribution in [1.82, 2.24) is 5.32 Å². The minimum absolute atomic E-state index is 0.576. The maximum absolute atomic E-state index is 5.95. The quantitative estimate of drug-likeness (QED) is 0.875. The summed E-state index contributed by atoms with van der Waals surface area (Å²) in [6, 6.07) is 19.7. The Morgan fingerprint density at radius 3 is 2.57 bits per heavy atom. The van der Waals surface area contributed by atoms with E-state index in [1.54, 1.807) is 0 Å². The summed E-state index contributed by atoms with van der Waals surface area (Å²) in [5.41, 5.74) is 1.38. The molecule has 1 N–H and O–H groups in total. The van der Waals surface area contributed by atoms with Crippen molar-refractivity contribution in [2.24, 2.45) is 0 Å². The van der Waals surface area contributed by atoms with Crippen molar-refractivity contribution in [2.45, 2.75) is 44.7 Å². The summed E-state index contributed by atoms with van der Waals surface area (Å²) in [6.07, 6.45) is 2.37. The summed E-state index contributed by atoms with van der Waals surface area (Å²) in [7, 11) is 0. The third-order valence-electron chi connectivity index (χ3n) is 4.30. The summed E-state index contributed by atoms with van der Waals surface area (Å²) < 4.78 is 5.95. The van der Waals surface area contributed by atoms with Gasteiger partial charge in [0, 0.05) is 18.0 Å². The summed E-state index contributed by atoms with van der Waals surface area (Å²) in [5.74, 6) is 2.40. The topological polar surface area (TPSA) is 21.3 Å².